The molecule has 0 heterocycles. The molecule has 0 unspecified atom stereocenters. The third kappa shape index (κ3) is 3.96. The SMILES string of the molecule is O=C(O)[C@H](Cc1ccc(F)cc1)Oc1ccc(Cl)cc1. The molecule has 0 saturated heterocycles. The molecule has 0 fully saturated rings. The van der Waals surface area contributed by atoms with E-state index in [1.807, 2.05) is 0 Å². The maximum atomic E-state index is 12.8. The van der Waals surface area contributed by atoms with E-state index in [9.17, 15) is 14.3 Å². The molecule has 2 rings (SSSR count). The summed E-state index contributed by atoms with van der Waals surface area (Å²) in [6, 6.07) is 12.1. The number of carboxylic acids is 1. The van der Waals surface area contributed by atoms with Crippen molar-refractivity contribution in [3.8, 4) is 5.75 Å². The van der Waals surface area contributed by atoms with E-state index in [2.05, 4.69) is 0 Å². The van der Waals surface area contributed by atoms with Crippen LogP contribution in [0.2, 0.25) is 5.02 Å². The van der Waals surface area contributed by atoms with E-state index in [4.69, 9.17) is 16.3 Å². The van der Waals surface area contributed by atoms with Crippen LogP contribution in [0.4, 0.5) is 4.39 Å². The Bertz CT molecular complexity index is 534. The molecule has 5 heteroatoms. The molecule has 0 spiro atoms. The van der Waals surface area contributed by atoms with Crippen molar-refractivity contribution < 1.29 is 19.0 Å². The predicted molar refractivity (Wildman–Crippen MR) is 73.6 cm³/mol. The molecule has 0 aliphatic carbocycles. The van der Waals surface area contributed by atoms with Crippen LogP contribution in [-0.4, -0.2) is 17.2 Å². The van der Waals surface area contributed by atoms with Crippen LogP contribution in [0.1, 0.15) is 5.56 Å². The van der Waals surface area contributed by atoms with Crippen molar-refractivity contribution in [3.63, 3.8) is 0 Å². The molecule has 104 valence electrons. The fourth-order valence-corrected chi connectivity index (χ4v) is 1.82. The first-order chi connectivity index (χ1) is 9.54. The number of carbonyl (C=O) groups is 1. The number of ether oxygens (including phenoxy) is 1. The van der Waals surface area contributed by atoms with Crippen LogP contribution < -0.4 is 4.74 Å². The second-order valence-corrected chi connectivity index (χ2v) is 4.67. The molecular formula is C15H12ClFO3. The molecule has 2 aromatic carbocycles. The smallest absolute Gasteiger partial charge is 0.345 e. The Morgan fingerprint density at radius 1 is 1.15 bits per heavy atom. The Morgan fingerprint density at radius 3 is 2.30 bits per heavy atom. The Balaban J connectivity index is 2.09. The summed E-state index contributed by atoms with van der Waals surface area (Å²) in [6.07, 6.45) is -0.889. The van der Waals surface area contributed by atoms with Crippen LogP contribution in [-0.2, 0) is 11.2 Å². The van der Waals surface area contributed by atoms with E-state index in [1.54, 1.807) is 24.3 Å². The highest BCUT2D eigenvalue weighted by Crippen LogP contribution is 2.18. The van der Waals surface area contributed by atoms with Gasteiger partial charge in [0.25, 0.3) is 0 Å². The molecule has 0 saturated carbocycles. The molecule has 20 heavy (non-hydrogen) atoms. The lowest BCUT2D eigenvalue weighted by Gasteiger charge is -2.15. The Morgan fingerprint density at radius 2 is 1.75 bits per heavy atom. The second kappa shape index (κ2) is 6.39. The number of rotatable bonds is 5. The van der Waals surface area contributed by atoms with Crippen LogP contribution in [0, 0.1) is 5.82 Å². The van der Waals surface area contributed by atoms with Crippen molar-refractivity contribution in [2.45, 2.75) is 12.5 Å². The number of aliphatic carboxylic acids is 1. The third-order valence-corrected chi connectivity index (χ3v) is 2.95. The quantitative estimate of drug-likeness (QED) is 0.917. The Hall–Kier alpha value is -2.07. The van der Waals surface area contributed by atoms with E-state index in [-0.39, 0.29) is 12.2 Å². The van der Waals surface area contributed by atoms with Crippen LogP contribution in [0.25, 0.3) is 0 Å². The number of hydrogen-bond donors (Lipinski definition) is 1. The van der Waals surface area contributed by atoms with Crippen molar-refractivity contribution >= 4 is 17.6 Å². The number of carboxylic acid groups (broad SMARTS) is 1. The van der Waals surface area contributed by atoms with Gasteiger partial charge in [-0.25, -0.2) is 9.18 Å². The zero-order valence-corrected chi connectivity index (χ0v) is 11.2. The molecule has 0 aliphatic heterocycles. The maximum Gasteiger partial charge on any atom is 0.345 e. The molecule has 0 radical (unpaired) electrons. The average Bonchev–Trinajstić information content (AvgIpc) is 2.42. The molecule has 0 bridgehead atoms. The van der Waals surface area contributed by atoms with Crippen molar-refractivity contribution in [1.29, 1.82) is 0 Å². The van der Waals surface area contributed by atoms with Crippen molar-refractivity contribution in [2.75, 3.05) is 0 Å². The van der Waals surface area contributed by atoms with Gasteiger partial charge in [0.1, 0.15) is 11.6 Å². The highest BCUT2D eigenvalue weighted by Gasteiger charge is 2.20. The molecule has 0 aliphatic rings. The molecule has 0 aromatic heterocycles. The van der Waals surface area contributed by atoms with Gasteiger partial charge < -0.3 is 9.84 Å². The predicted octanol–water partition coefficient (Wildman–Crippen LogP) is 3.55. The minimum atomic E-state index is -1.08. The van der Waals surface area contributed by atoms with Crippen molar-refractivity contribution in [3.05, 3.63) is 64.9 Å². The summed E-state index contributed by atoms with van der Waals surface area (Å²) in [5.41, 5.74) is 0.688. The van der Waals surface area contributed by atoms with Gasteiger partial charge in [-0.15, -0.1) is 0 Å². The fraction of sp³-hybridized carbons (Fsp3) is 0.133. The first-order valence-corrected chi connectivity index (χ1v) is 6.32. The van der Waals surface area contributed by atoms with Gasteiger partial charge in [-0.2, -0.15) is 0 Å². The van der Waals surface area contributed by atoms with Gasteiger partial charge in [0.15, 0.2) is 6.10 Å². The molecule has 1 N–H and O–H groups in total. The summed E-state index contributed by atoms with van der Waals surface area (Å²) in [4.78, 5) is 11.2. The van der Waals surface area contributed by atoms with E-state index in [0.717, 1.165) is 0 Å². The standard InChI is InChI=1S/C15H12ClFO3/c16-11-3-7-13(8-4-11)20-14(15(18)19)9-10-1-5-12(17)6-2-10/h1-8,14H,9H2,(H,18,19)/t14-/m0/s1. The van der Waals surface area contributed by atoms with Crippen LogP contribution in [0.15, 0.2) is 48.5 Å². The van der Waals surface area contributed by atoms with Crippen molar-refractivity contribution in [1.82, 2.24) is 0 Å². The summed E-state index contributed by atoms with van der Waals surface area (Å²) >= 11 is 5.75. The zero-order valence-electron chi connectivity index (χ0n) is 10.4. The van der Waals surface area contributed by atoms with Crippen molar-refractivity contribution in [2.24, 2.45) is 0 Å². The number of benzene rings is 2. The minimum Gasteiger partial charge on any atom is -0.478 e. The molecule has 2 aromatic rings. The van der Waals surface area contributed by atoms with Crippen LogP contribution >= 0.6 is 11.6 Å². The van der Waals surface area contributed by atoms with Gasteiger partial charge in [0.2, 0.25) is 0 Å². The lowest BCUT2D eigenvalue weighted by atomic mass is 10.1. The van der Waals surface area contributed by atoms with Crippen LogP contribution in [0.3, 0.4) is 0 Å². The average molecular weight is 295 g/mol. The van der Waals surface area contributed by atoms with E-state index in [0.29, 0.717) is 16.3 Å². The fourth-order valence-electron chi connectivity index (χ4n) is 1.69. The maximum absolute atomic E-state index is 12.8. The topological polar surface area (TPSA) is 46.5 Å². The highest BCUT2D eigenvalue weighted by molar-refractivity contribution is 6.30. The molecule has 0 amide bonds. The summed E-state index contributed by atoms with van der Waals surface area (Å²) < 4.78 is 18.2. The molecular weight excluding hydrogens is 283 g/mol. The summed E-state index contributed by atoms with van der Waals surface area (Å²) in [5.74, 6) is -1.02. The summed E-state index contributed by atoms with van der Waals surface area (Å²) in [5, 5.41) is 9.72. The number of halogens is 2. The lowest BCUT2D eigenvalue weighted by Crippen LogP contribution is -2.29. The van der Waals surface area contributed by atoms with E-state index >= 15 is 0 Å². The Kier molecular flexibility index (Phi) is 4.58. The Labute approximate surface area is 120 Å². The summed E-state index contributed by atoms with van der Waals surface area (Å²) in [6.45, 7) is 0. The van der Waals surface area contributed by atoms with Gasteiger partial charge in [-0.1, -0.05) is 23.7 Å². The third-order valence-electron chi connectivity index (χ3n) is 2.70. The van der Waals surface area contributed by atoms with Gasteiger partial charge in [0.05, 0.1) is 0 Å². The summed E-state index contributed by atoms with van der Waals surface area (Å²) in [7, 11) is 0. The molecule has 1 atom stereocenters. The first-order valence-electron chi connectivity index (χ1n) is 5.94. The van der Waals surface area contributed by atoms with E-state index < -0.39 is 12.1 Å². The van der Waals surface area contributed by atoms with E-state index in [1.165, 1.54) is 24.3 Å². The van der Waals surface area contributed by atoms with Gasteiger partial charge in [-0.05, 0) is 42.0 Å². The largest absolute Gasteiger partial charge is 0.478 e. The molecule has 3 nitrogen and oxygen atoms in total. The first kappa shape index (κ1) is 14.3. The minimum absolute atomic E-state index is 0.151. The van der Waals surface area contributed by atoms with Gasteiger partial charge >= 0.3 is 5.97 Å². The van der Waals surface area contributed by atoms with Gasteiger partial charge in [0, 0.05) is 11.4 Å². The number of hydrogen-bond acceptors (Lipinski definition) is 2. The lowest BCUT2D eigenvalue weighted by molar-refractivity contribution is -0.145. The van der Waals surface area contributed by atoms with Gasteiger partial charge in [-0.3, -0.25) is 0 Å². The normalized spacial score (nSPS) is 11.9. The monoisotopic (exact) mass is 294 g/mol. The second-order valence-electron chi connectivity index (χ2n) is 4.23. The zero-order chi connectivity index (χ0) is 14.5. The highest BCUT2D eigenvalue weighted by atomic mass is 35.5. The van der Waals surface area contributed by atoms with Crippen LogP contribution in [0.5, 0.6) is 5.75 Å².